The van der Waals surface area contributed by atoms with E-state index in [1.165, 1.54) is 5.56 Å². The molecule has 1 aliphatic rings. The molecule has 3 nitrogen and oxygen atoms in total. The van der Waals surface area contributed by atoms with Crippen LogP contribution in [-0.2, 0) is 0 Å². The molecule has 1 atom stereocenters. The van der Waals surface area contributed by atoms with Crippen LogP contribution in [0.5, 0.6) is 11.5 Å². The van der Waals surface area contributed by atoms with E-state index in [1.54, 1.807) is 5.54 Å². The summed E-state index contributed by atoms with van der Waals surface area (Å²) in [5, 5.41) is 3.53. The first kappa shape index (κ1) is 16.2. The molecule has 0 amide bonds. The summed E-state index contributed by atoms with van der Waals surface area (Å²) in [6, 6.07) is 6.38. The van der Waals surface area contributed by atoms with Crippen LogP contribution in [-0.4, -0.2) is 18.8 Å². The lowest BCUT2D eigenvalue weighted by Gasteiger charge is -2.38. The van der Waals surface area contributed by atoms with Crippen molar-refractivity contribution < 1.29 is 9.47 Å². The smallest absolute Gasteiger partial charge is 0.128 e. The van der Waals surface area contributed by atoms with Crippen LogP contribution in [0.4, 0.5) is 0 Å². The molecule has 1 N–H and O–H groups in total. The lowest BCUT2D eigenvalue weighted by atomic mass is 9.89. The van der Waals surface area contributed by atoms with Crippen molar-refractivity contribution in [1.82, 2.24) is 5.32 Å². The van der Waals surface area contributed by atoms with E-state index in [9.17, 15) is 0 Å². The number of nitrogens with one attached hydrogen (secondary N) is 1. The molecule has 1 aromatic carbocycles. The number of fused-ring (bicyclic) bond motifs is 1. The molecule has 0 saturated heterocycles. The normalized spacial score (nSPS) is 20.6. The Morgan fingerprint density at radius 1 is 1.52 bits per heavy atom. The molecular weight excluding hydrogens is 286 g/mol. The van der Waals surface area contributed by atoms with Crippen molar-refractivity contribution in [3.05, 3.63) is 34.9 Å². The van der Waals surface area contributed by atoms with Gasteiger partial charge in [0, 0.05) is 29.6 Å². The molecule has 116 valence electrons. The van der Waals surface area contributed by atoms with E-state index in [-0.39, 0.29) is 5.60 Å². The summed E-state index contributed by atoms with van der Waals surface area (Å²) in [6.07, 6.45) is 0.960. The number of rotatable bonds is 5. The van der Waals surface area contributed by atoms with Gasteiger partial charge in [-0.3, -0.25) is 0 Å². The maximum Gasteiger partial charge on any atom is 0.128 e. The highest BCUT2D eigenvalue weighted by Crippen LogP contribution is 2.41. The predicted octanol–water partition coefficient (Wildman–Crippen LogP) is 4.42. The molecule has 1 aliphatic heterocycles. The zero-order chi connectivity index (χ0) is 15.5. The van der Waals surface area contributed by atoms with Gasteiger partial charge in [0.25, 0.3) is 0 Å². The largest absolute Gasteiger partial charge is 0.489 e. The third-order valence-electron chi connectivity index (χ3n) is 3.55. The fourth-order valence-electron chi connectivity index (χ4n) is 2.58. The first-order chi connectivity index (χ1) is 9.95. The van der Waals surface area contributed by atoms with E-state index >= 15 is 0 Å². The highest BCUT2D eigenvalue weighted by molar-refractivity contribution is 6.25. The Balaban J connectivity index is 2.21. The Labute approximate surface area is 132 Å². The fraction of sp³-hybridized carbons (Fsp3) is 0.529. The van der Waals surface area contributed by atoms with Gasteiger partial charge in [-0.2, -0.15) is 0 Å². The van der Waals surface area contributed by atoms with Gasteiger partial charge in [-0.05, 0) is 39.0 Å². The lowest BCUT2D eigenvalue weighted by Crippen LogP contribution is -2.39. The Bertz CT molecular complexity index is 526. The van der Waals surface area contributed by atoms with Crippen molar-refractivity contribution in [1.29, 1.82) is 0 Å². The van der Waals surface area contributed by atoms with Crippen LogP contribution >= 0.6 is 11.6 Å². The number of hydrogen-bond acceptors (Lipinski definition) is 3. The summed E-state index contributed by atoms with van der Waals surface area (Å²) < 4.78 is 11.8. The zero-order valence-electron chi connectivity index (χ0n) is 13.2. The molecule has 4 heteroatoms. The molecule has 0 aliphatic carbocycles. The summed E-state index contributed by atoms with van der Waals surface area (Å²) >= 11 is 5.65. The summed E-state index contributed by atoms with van der Waals surface area (Å²) in [4.78, 5) is 0. The van der Waals surface area contributed by atoms with Crippen LogP contribution in [0, 0.1) is 0 Å². The number of ether oxygens (including phenoxy) is 2. The summed E-state index contributed by atoms with van der Waals surface area (Å²) in [6.45, 7) is 9.73. The van der Waals surface area contributed by atoms with E-state index in [1.807, 2.05) is 19.1 Å². The van der Waals surface area contributed by atoms with Gasteiger partial charge in [-0.25, -0.2) is 0 Å². The van der Waals surface area contributed by atoms with Crippen LogP contribution in [0.1, 0.15) is 45.7 Å². The van der Waals surface area contributed by atoms with Crippen molar-refractivity contribution in [3.8, 4) is 11.5 Å². The molecule has 1 aromatic rings. The molecule has 21 heavy (non-hydrogen) atoms. The quantitative estimate of drug-likeness (QED) is 0.873. The van der Waals surface area contributed by atoms with Gasteiger partial charge in [0.05, 0.1) is 0 Å². The predicted molar refractivity (Wildman–Crippen MR) is 87.3 cm³/mol. The molecule has 0 aromatic heterocycles. The van der Waals surface area contributed by atoms with Gasteiger partial charge in [-0.1, -0.05) is 24.6 Å². The van der Waals surface area contributed by atoms with Crippen molar-refractivity contribution in [2.75, 3.05) is 13.2 Å². The number of benzene rings is 1. The first-order valence-corrected chi connectivity index (χ1v) is 7.84. The average molecular weight is 310 g/mol. The minimum Gasteiger partial charge on any atom is -0.489 e. The molecule has 0 bridgehead atoms. The summed E-state index contributed by atoms with van der Waals surface area (Å²) in [7, 11) is 0. The Kier molecular flexibility index (Phi) is 5.17. The minimum atomic E-state index is -0.176. The van der Waals surface area contributed by atoms with Crippen molar-refractivity contribution >= 4 is 11.6 Å². The number of halogens is 1. The monoisotopic (exact) mass is 309 g/mol. The van der Waals surface area contributed by atoms with Crippen LogP contribution in [0.3, 0.4) is 0 Å². The van der Waals surface area contributed by atoms with Crippen molar-refractivity contribution in [2.24, 2.45) is 0 Å². The molecular formula is C17H24ClNO2. The Morgan fingerprint density at radius 2 is 2.29 bits per heavy atom. The van der Waals surface area contributed by atoms with Crippen LogP contribution < -0.4 is 14.8 Å². The zero-order valence-corrected chi connectivity index (χ0v) is 14.0. The summed E-state index contributed by atoms with van der Waals surface area (Å²) in [5.41, 5.74) is 3.55. The van der Waals surface area contributed by atoms with Crippen molar-refractivity contribution in [2.45, 2.75) is 45.8 Å². The van der Waals surface area contributed by atoms with Gasteiger partial charge >= 0.3 is 0 Å². The highest BCUT2D eigenvalue weighted by Gasteiger charge is 2.33. The van der Waals surface area contributed by atoms with E-state index < -0.39 is 0 Å². The van der Waals surface area contributed by atoms with Gasteiger partial charge in [0.15, 0.2) is 0 Å². The summed E-state index contributed by atoms with van der Waals surface area (Å²) in [5.74, 6) is 1.71. The SMILES string of the molecule is CCNC1CC(C)(C)Oc2cc(OC/C(C)=C/Cl)ccc21. The van der Waals surface area contributed by atoms with Crippen molar-refractivity contribution in [3.63, 3.8) is 0 Å². The Morgan fingerprint density at radius 3 is 2.95 bits per heavy atom. The third-order valence-corrected chi connectivity index (χ3v) is 3.92. The van der Waals surface area contributed by atoms with Crippen LogP contribution in [0.15, 0.2) is 29.3 Å². The minimum absolute atomic E-state index is 0.176. The lowest BCUT2D eigenvalue weighted by molar-refractivity contribution is 0.0660. The van der Waals surface area contributed by atoms with Crippen LogP contribution in [0.2, 0.25) is 0 Å². The second kappa shape index (κ2) is 6.71. The molecule has 0 spiro atoms. The van der Waals surface area contributed by atoms with E-state index in [0.717, 1.165) is 30.0 Å². The topological polar surface area (TPSA) is 30.5 Å². The average Bonchev–Trinajstić information content (AvgIpc) is 2.43. The maximum atomic E-state index is 6.11. The van der Waals surface area contributed by atoms with Gasteiger partial charge < -0.3 is 14.8 Å². The van der Waals surface area contributed by atoms with Gasteiger partial charge in [0.1, 0.15) is 23.7 Å². The van der Waals surface area contributed by atoms with E-state index in [0.29, 0.717) is 12.6 Å². The first-order valence-electron chi connectivity index (χ1n) is 7.40. The molecule has 2 rings (SSSR count). The molecule has 1 unspecified atom stereocenters. The maximum absolute atomic E-state index is 6.11. The molecule has 0 radical (unpaired) electrons. The highest BCUT2D eigenvalue weighted by atomic mass is 35.5. The molecule has 0 saturated carbocycles. The van der Waals surface area contributed by atoms with Gasteiger partial charge in [-0.15, -0.1) is 0 Å². The second-order valence-corrected chi connectivity index (χ2v) is 6.34. The standard InChI is InChI=1S/C17H24ClNO2/c1-5-19-15-9-17(3,4)21-16-8-13(6-7-14(15)16)20-11-12(2)10-18/h6-8,10,15,19H,5,9,11H2,1-4H3/b12-10+. The second-order valence-electron chi connectivity index (χ2n) is 6.12. The molecule has 0 fully saturated rings. The molecule has 1 heterocycles. The number of hydrogen-bond donors (Lipinski definition) is 1. The van der Waals surface area contributed by atoms with E-state index in [2.05, 4.69) is 32.2 Å². The van der Waals surface area contributed by atoms with E-state index in [4.69, 9.17) is 21.1 Å². The fourth-order valence-corrected chi connectivity index (χ4v) is 2.64. The third kappa shape index (κ3) is 4.14. The Hall–Kier alpha value is -1.19. The van der Waals surface area contributed by atoms with Crippen LogP contribution in [0.25, 0.3) is 0 Å². The van der Waals surface area contributed by atoms with Gasteiger partial charge in [0.2, 0.25) is 0 Å².